The van der Waals surface area contributed by atoms with Crippen LogP contribution in [0.3, 0.4) is 0 Å². The molecule has 2 amide bonds. The minimum absolute atomic E-state index is 0.105. The zero-order valence-corrected chi connectivity index (χ0v) is 20.7. The van der Waals surface area contributed by atoms with Gasteiger partial charge in [-0.2, -0.15) is 0 Å². The van der Waals surface area contributed by atoms with E-state index in [1.165, 1.54) is 10.5 Å². The number of fused-ring (bicyclic) bond motifs is 2. The van der Waals surface area contributed by atoms with Crippen molar-refractivity contribution in [2.45, 2.75) is 6.42 Å². The molecule has 0 fully saturated rings. The minimum atomic E-state index is -0.276. The molecule has 0 radical (unpaired) electrons. The summed E-state index contributed by atoms with van der Waals surface area (Å²) in [6, 6.07) is 29.5. The average molecular weight is 506 g/mol. The predicted octanol–water partition coefficient (Wildman–Crippen LogP) is 5.92. The number of benzene rings is 4. The van der Waals surface area contributed by atoms with Crippen LogP contribution in [0.25, 0.3) is 22.0 Å². The van der Waals surface area contributed by atoms with Crippen molar-refractivity contribution in [2.75, 3.05) is 23.4 Å². The molecule has 2 heterocycles. The fourth-order valence-electron chi connectivity index (χ4n) is 4.50. The Hall–Kier alpha value is -4.49. The van der Waals surface area contributed by atoms with E-state index in [1.807, 2.05) is 84.2 Å². The van der Waals surface area contributed by atoms with Gasteiger partial charge in [0.2, 0.25) is 5.91 Å². The van der Waals surface area contributed by atoms with Crippen LogP contribution in [0.4, 0.5) is 11.4 Å². The number of hydrogen-bond acceptors (Lipinski definition) is 5. The fourth-order valence-corrected chi connectivity index (χ4v) is 5.34. The number of nitrogens with zero attached hydrogens (tertiary/aromatic N) is 2. The number of carbonyl (C=O) groups is 2. The summed E-state index contributed by atoms with van der Waals surface area (Å²) in [4.78, 5) is 32.2. The molecule has 37 heavy (non-hydrogen) atoms. The van der Waals surface area contributed by atoms with E-state index in [0.717, 1.165) is 33.5 Å². The van der Waals surface area contributed by atoms with Crippen LogP contribution in [-0.4, -0.2) is 29.9 Å². The largest absolute Gasteiger partial charge is 0.482 e. The number of thiazole rings is 1. The lowest BCUT2D eigenvalue weighted by atomic mass is 10.1. The first-order valence-electron chi connectivity index (χ1n) is 12.0. The van der Waals surface area contributed by atoms with E-state index >= 15 is 0 Å². The van der Waals surface area contributed by atoms with Gasteiger partial charge in [-0.3, -0.25) is 14.5 Å². The van der Waals surface area contributed by atoms with Gasteiger partial charge in [-0.25, -0.2) is 4.98 Å². The van der Waals surface area contributed by atoms with Gasteiger partial charge in [0, 0.05) is 28.4 Å². The van der Waals surface area contributed by atoms with Crippen LogP contribution in [0.15, 0.2) is 96.4 Å². The van der Waals surface area contributed by atoms with Crippen LogP contribution >= 0.6 is 11.3 Å². The van der Waals surface area contributed by atoms with Gasteiger partial charge < -0.3 is 10.1 Å². The molecular weight excluding hydrogens is 482 g/mol. The van der Waals surface area contributed by atoms with E-state index in [9.17, 15) is 9.59 Å². The van der Waals surface area contributed by atoms with Gasteiger partial charge in [0.15, 0.2) is 6.61 Å². The summed E-state index contributed by atoms with van der Waals surface area (Å²) in [5, 5.41) is 7.98. The molecule has 1 aliphatic rings. The molecule has 0 saturated heterocycles. The predicted molar refractivity (Wildman–Crippen MR) is 147 cm³/mol. The number of amides is 2. The second-order valence-corrected chi connectivity index (χ2v) is 9.76. The number of carbonyl (C=O) groups excluding carboxylic acids is 2. The highest BCUT2D eigenvalue weighted by atomic mass is 32.1. The first-order chi connectivity index (χ1) is 18.1. The lowest BCUT2D eigenvalue weighted by Crippen LogP contribution is -2.43. The summed E-state index contributed by atoms with van der Waals surface area (Å²) in [7, 11) is 0. The molecule has 5 aromatic rings. The molecule has 7 heteroatoms. The third-order valence-electron chi connectivity index (χ3n) is 6.31. The molecule has 182 valence electrons. The topological polar surface area (TPSA) is 71.5 Å². The summed E-state index contributed by atoms with van der Waals surface area (Å²) in [5.41, 5.74) is 4.19. The molecule has 0 atom stereocenters. The number of aromatic nitrogens is 1. The van der Waals surface area contributed by atoms with Crippen LogP contribution in [-0.2, 0) is 16.0 Å². The monoisotopic (exact) mass is 505 g/mol. The zero-order valence-electron chi connectivity index (χ0n) is 19.9. The normalized spacial score (nSPS) is 12.8. The Bertz CT molecular complexity index is 1610. The van der Waals surface area contributed by atoms with Gasteiger partial charge in [0.1, 0.15) is 12.3 Å². The van der Waals surface area contributed by atoms with Crippen molar-refractivity contribution in [3.63, 3.8) is 0 Å². The van der Waals surface area contributed by atoms with E-state index in [4.69, 9.17) is 9.72 Å². The first kappa shape index (κ1) is 22.9. The quantitative estimate of drug-likeness (QED) is 0.311. The molecule has 1 aliphatic heterocycles. The molecular formula is C30H23N3O3S. The van der Waals surface area contributed by atoms with Crippen LogP contribution < -0.4 is 15.0 Å². The summed E-state index contributed by atoms with van der Waals surface area (Å²) in [6.45, 7) is -0.218. The molecule has 1 N–H and O–H groups in total. The molecule has 0 spiro atoms. The summed E-state index contributed by atoms with van der Waals surface area (Å²) in [6.07, 6.45) is 0.762. The Morgan fingerprint density at radius 1 is 0.973 bits per heavy atom. The maximum atomic E-state index is 13.1. The van der Waals surface area contributed by atoms with Crippen molar-refractivity contribution in [2.24, 2.45) is 0 Å². The molecule has 0 unspecified atom stereocenters. The molecule has 6 rings (SSSR count). The van der Waals surface area contributed by atoms with Crippen molar-refractivity contribution < 1.29 is 14.3 Å². The minimum Gasteiger partial charge on any atom is -0.482 e. The van der Waals surface area contributed by atoms with Gasteiger partial charge in [-0.05, 0) is 35.2 Å². The van der Waals surface area contributed by atoms with E-state index in [-0.39, 0.29) is 25.0 Å². The van der Waals surface area contributed by atoms with Crippen molar-refractivity contribution in [1.29, 1.82) is 0 Å². The highest BCUT2D eigenvalue weighted by Gasteiger charge is 2.28. The standard InChI is InChI=1S/C30H23N3O3S/c34-28(31-24-12-6-10-21-9-4-5-11-23(21)24)17-33-26-16-22(13-14-27(26)36-18-30(33)35)25-19-37-29(32-25)15-20-7-2-1-3-8-20/h1-14,16,19H,15,17-18H2,(H,31,34). The molecule has 0 aliphatic carbocycles. The maximum Gasteiger partial charge on any atom is 0.265 e. The molecule has 6 nitrogen and oxygen atoms in total. The van der Waals surface area contributed by atoms with Gasteiger partial charge >= 0.3 is 0 Å². The van der Waals surface area contributed by atoms with E-state index < -0.39 is 0 Å². The number of nitrogens with one attached hydrogen (secondary N) is 1. The van der Waals surface area contributed by atoms with Crippen LogP contribution in [0.2, 0.25) is 0 Å². The molecule has 4 aromatic carbocycles. The SMILES string of the molecule is O=C(CN1C(=O)COc2ccc(-c3csc(Cc4ccccc4)n3)cc21)Nc1cccc2ccccc12. The smallest absolute Gasteiger partial charge is 0.265 e. The number of anilines is 2. The van der Waals surface area contributed by atoms with Crippen molar-refractivity contribution in [3.8, 4) is 17.0 Å². The second-order valence-electron chi connectivity index (χ2n) is 8.81. The summed E-state index contributed by atoms with van der Waals surface area (Å²) in [5.74, 6) is 0.0311. The lowest BCUT2D eigenvalue weighted by molar-refractivity contribution is -0.123. The van der Waals surface area contributed by atoms with Crippen molar-refractivity contribution >= 4 is 45.3 Å². The zero-order chi connectivity index (χ0) is 25.2. The van der Waals surface area contributed by atoms with Crippen molar-refractivity contribution in [3.05, 3.63) is 107 Å². The van der Waals surface area contributed by atoms with Gasteiger partial charge in [-0.1, -0.05) is 66.7 Å². The Kier molecular flexibility index (Phi) is 6.12. The van der Waals surface area contributed by atoms with Gasteiger partial charge in [0.25, 0.3) is 5.91 Å². The van der Waals surface area contributed by atoms with E-state index in [0.29, 0.717) is 17.1 Å². The first-order valence-corrected chi connectivity index (χ1v) is 12.9. The van der Waals surface area contributed by atoms with E-state index in [1.54, 1.807) is 11.3 Å². The third kappa shape index (κ3) is 4.81. The van der Waals surface area contributed by atoms with E-state index in [2.05, 4.69) is 17.4 Å². The number of hydrogen-bond donors (Lipinski definition) is 1. The Morgan fingerprint density at radius 2 is 1.78 bits per heavy atom. The number of rotatable bonds is 6. The highest BCUT2D eigenvalue weighted by molar-refractivity contribution is 7.10. The Balaban J connectivity index is 1.24. The number of ether oxygens (including phenoxy) is 1. The molecule has 0 saturated carbocycles. The second kappa shape index (κ2) is 9.87. The van der Waals surface area contributed by atoms with Crippen LogP contribution in [0, 0.1) is 0 Å². The molecule has 1 aromatic heterocycles. The fraction of sp³-hybridized carbons (Fsp3) is 0.100. The molecule has 0 bridgehead atoms. The van der Waals surface area contributed by atoms with Crippen LogP contribution in [0.1, 0.15) is 10.6 Å². The van der Waals surface area contributed by atoms with Crippen molar-refractivity contribution in [1.82, 2.24) is 4.98 Å². The Morgan fingerprint density at radius 3 is 2.68 bits per heavy atom. The highest BCUT2D eigenvalue weighted by Crippen LogP contribution is 2.36. The summed E-state index contributed by atoms with van der Waals surface area (Å²) >= 11 is 1.60. The third-order valence-corrected chi connectivity index (χ3v) is 7.16. The summed E-state index contributed by atoms with van der Waals surface area (Å²) < 4.78 is 5.66. The lowest BCUT2D eigenvalue weighted by Gasteiger charge is -2.29. The van der Waals surface area contributed by atoms with Gasteiger partial charge in [-0.15, -0.1) is 11.3 Å². The maximum absolute atomic E-state index is 13.1. The van der Waals surface area contributed by atoms with Gasteiger partial charge in [0.05, 0.1) is 16.4 Å². The average Bonchev–Trinajstić information content (AvgIpc) is 3.39. The van der Waals surface area contributed by atoms with Crippen LogP contribution in [0.5, 0.6) is 5.75 Å². The Labute approximate surface area is 218 Å².